The molecule has 0 saturated carbocycles. The molecule has 0 aliphatic rings. The summed E-state index contributed by atoms with van der Waals surface area (Å²) >= 11 is 1.70. The molecule has 19 heavy (non-hydrogen) atoms. The van der Waals surface area contributed by atoms with Gasteiger partial charge in [0.25, 0.3) is 5.56 Å². The van der Waals surface area contributed by atoms with Gasteiger partial charge in [-0.3, -0.25) is 4.79 Å². The molecular formula is C14H19N3OS. The number of aromatic amines is 1. The summed E-state index contributed by atoms with van der Waals surface area (Å²) in [6.07, 6.45) is 0.966. The van der Waals surface area contributed by atoms with Crippen LogP contribution in [0.2, 0.25) is 0 Å². The SMILES string of the molecule is CCC(N)CSCc1nc2c(C)cccc2c(=O)[nH]1. The number of H-pyrrole nitrogens is 1. The van der Waals surface area contributed by atoms with E-state index in [1.54, 1.807) is 17.8 Å². The van der Waals surface area contributed by atoms with Crippen molar-refractivity contribution in [3.63, 3.8) is 0 Å². The highest BCUT2D eigenvalue weighted by atomic mass is 32.2. The molecule has 0 fully saturated rings. The molecule has 0 bridgehead atoms. The van der Waals surface area contributed by atoms with Crippen LogP contribution in [0.5, 0.6) is 0 Å². The summed E-state index contributed by atoms with van der Waals surface area (Å²) in [4.78, 5) is 19.4. The Labute approximate surface area is 116 Å². The van der Waals surface area contributed by atoms with Crippen molar-refractivity contribution in [1.29, 1.82) is 0 Å². The van der Waals surface area contributed by atoms with E-state index < -0.39 is 0 Å². The zero-order valence-corrected chi connectivity index (χ0v) is 12.1. The largest absolute Gasteiger partial charge is 0.327 e. The van der Waals surface area contributed by atoms with Crippen molar-refractivity contribution in [2.24, 2.45) is 5.73 Å². The first kappa shape index (κ1) is 14.1. The highest BCUT2D eigenvalue weighted by Gasteiger charge is 2.06. The van der Waals surface area contributed by atoms with Gasteiger partial charge in [-0.2, -0.15) is 11.8 Å². The van der Waals surface area contributed by atoms with E-state index in [9.17, 15) is 4.79 Å². The van der Waals surface area contributed by atoms with E-state index in [4.69, 9.17) is 5.73 Å². The molecule has 0 saturated heterocycles. The van der Waals surface area contributed by atoms with Gasteiger partial charge in [0, 0.05) is 11.8 Å². The normalized spacial score (nSPS) is 12.8. The number of aromatic nitrogens is 2. The van der Waals surface area contributed by atoms with Crippen molar-refractivity contribution in [1.82, 2.24) is 9.97 Å². The quantitative estimate of drug-likeness (QED) is 0.879. The van der Waals surface area contributed by atoms with E-state index in [0.29, 0.717) is 11.1 Å². The fourth-order valence-electron chi connectivity index (χ4n) is 1.85. The molecule has 1 heterocycles. The lowest BCUT2D eigenvalue weighted by atomic mass is 10.1. The van der Waals surface area contributed by atoms with Gasteiger partial charge in [-0.05, 0) is 25.0 Å². The molecule has 2 rings (SSSR count). The number of nitrogens with zero attached hydrogens (tertiary/aromatic N) is 1. The summed E-state index contributed by atoms with van der Waals surface area (Å²) in [7, 11) is 0. The van der Waals surface area contributed by atoms with Crippen LogP contribution in [0.15, 0.2) is 23.0 Å². The van der Waals surface area contributed by atoms with Crippen molar-refractivity contribution < 1.29 is 0 Å². The topological polar surface area (TPSA) is 71.8 Å². The van der Waals surface area contributed by atoms with Gasteiger partial charge in [0.2, 0.25) is 0 Å². The predicted molar refractivity (Wildman–Crippen MR) is 81.5 cm³/mol. The second kappa shape index (κ2) is 6.21. The molecule has 1 unspecified atom stereocenters. The molecular weight excluding hydrogens is 258 g/mol. The Morgan fingerprint density at radius 2 is 2.26 bits per heavy atom. The Kier molecular flexibility index (Phi) is 4.61. The van der Waals surface area contributed by atoms with Crippen LogP contribution < -0.4 is 11.3 Å². The van der Waals surface area contributed by atoms with Crippen LogP contribution in [0.3, 0.4) is 0 Å². The van der Waals surface area contributed by atoms with Gasteiger partial charge >= 0.3 is 0 Å². The molecule has 1 atom stereocenters. The molecule has 1 aromatic heterocycles. The van der Waals surface area contributed by atoms with Crippen LogP contribution in [0, 0.1) is 6.92 Å². The number of hydrogen-bond acceptors (Lipinski definition) is 4. The van der Waals surface area contributed by atoms with Gasteiger partial charge in [-0.15, -0.1) is 0 Å². The van der Waals surface area contributed by atoms with E-state index in [1.807, 2.05) is 19.1 Å². The Balaban J connectivity index is 2.21. The molecule has 102 valence electrons. The van der Waals surface area contributed by atoms with Gasteiger partial charge < -0.3 is 10.7 Å². The summed E-state index contributed by atoms with van der Waals surface area (Å²) in [5, 5.41) is 0.652. The van der Waals surface area contributed by atoms with Gasteiger partial charge in [0.1, 0.15) is 5.82 Å². The maximum atomic E-state index is 12.0. The lowest BCUT2D eigenvalue weighted by molar-refractivity contribution is 0.724. The number of rotatable bonds is 5. The van der Waals surface area contributed by atoms with Crippen LogP contribution in [0.1, 0.15) is 24.7 Å². The van der Waals surface area contributed by atoms with Gasteiger partial charge in [-0.1, -0.05) is 19.1 Å². The zero-order chi connectivity index (χ0) is 13.8. The maximum absolute atomic E-state index is 12.0. The number of aryl methyl sites for hydroxylation is 1. The average Bonchev–Trinajstić information content (AvgIpc) is 2.40. The number of para-hydroxylation sites is 1. The molecule has 5 heteroatoms. The van der Waals surface area contributed by atoms with Crippen molar-refractivity contribution in [3.8, 4) is 0 Å². The fraction of sp³-hybridized carbons (Fsp3) is 0.429. The molecule has 0 aliphatic carbocycles. The van der Waals surface area contributed by atoms with Crippen LogP contribution in [0.4, 0.5) is 0 Å². The smallest absolute Gasteiger partial charge is 0.258 e. The lowest BCUT2D eigenvalue weighted by Crippen LogP contribution is -2.21. The molecule has 4 nitrogen and oxygen atoms in total. The standard InChI is InChI=1S/C14H19N3OS/c1-3-10(15)7-19-8-12-16-13-9(2)5-4-6-11(13)14(18)17-12/h4-6,10H,3,7-8,15H2,1-2H3,(H,16,17,18). The molecule has 0 amide bonds. The summed E-state index contributed by atoms with van der Waals surface area (Å²) < 4.78 is 0. The second-order valence-electron chi connectivity index (χ2n) is 4.67. The van der Waals surface area contributed by atoms with E-state index >= 15 is 0 Å². The molecule has 2 aromatic rings. The summed E-state index contributed by atoms with van der Waals surface area (Å²) in [5.41, 5.74) is 7.62. The first-order valence-electron chi connectivity index (χ1n) is 6.43. The van der Waals surface area contributed by atoms with Gasteiger partial charge in [-0.25, -0.2) is 4.98 Å². The van der Waals surface area contributed by atoms with Crippen molar-refractivity contribution in [2.75, 3.05) is 5.75 Å². The Hall–Kier alpha value is -1.33. The Bertz CT molecular complexity index is 624. The van der Waals surface area contributed by atoms with E-state index in [0.717, 1.165) is 29.1 Å². The van der Waals surface area contributed by atoms with Crippen LogP contribution in [-0.4, -0.2) is 21.8 Å². The van der Waals surface area contributed by atoms with Crippen LogP contribution in [0.25, 0.3) is 10.9 Å². The second-order valence-corrected chi connectivity index (χ2v) is 5.70. The van der Waals surface area contributed by atoms with Crippen molar-refractivity contribution in [2.45, 2.75) is 32.1 Å². The van der Waals surface area contributed by atoms with Crippen molar-refractivity contribution in [3.05, 3.63) is 39.9 Å². The Morgan fingerprint density at radius 1 is 1.47 bits per heavy atom. The highest BCUT2D eigenvalue weighted by Crippen LogP contribution is 2.15. The Morgan fingerprint density at radius 3 is 3.00 bits per heavy atom. The van der Waals surface area contributed by atoms with E-state index in [1.165, 1.54) is 0 Å². The number of nitrogens with two attached hydrogens (primary N) is 1. The third kappa shape index (κ3) is 3.36. The van der Waals surface area contributed by atoms with Crippen LogP contribution in [-0.2, 0) is 5.75 Å². The van der Waals surface area contributed by atoms with Gasteiger partial charge in [0.05, 0.1) is 16.7 Å². The zero-order valence-electron chi connectivity index (χ0n) is 11.3. The predicted octanol–water partition coefficient (Wildman–Crippen LogP) is 2.20. The first-order valence-corrected chi connectivity index (χ1v) is 7.59. The van der Waals surface area contributed by atoms with E-state index in [2.05, 4.69) is 16.9 Å². The minimum Gasteiger partial charge on any atom is -0.327 e. The molecule has 0 radical (unpaired) electrons. The maximum Gasteiger partial charge on any atom is 0.258 e. The number of hydrogen-bond donors (Lipinski definition) is 2. The summed E-state index contributed by atoms with van der Waals surface area (Å²) in [5.74, 6) is 2.29. The minimum atomic E-state index is -0.0657. The number of benzene rings is 1. The fourth-order valence-corrected chi connectivity index (χ4v) is 2.83. The van der Waals surface area contributed by atoms with E-state index in [-0.39, 0.29) is 11.6 Å². The highest BCUT2D eigenvalue weighted by molar-refractivity contribution is 7.98. The number of thioether (sulfide) groups is 1. The van der Waals surface area contributed by atoms with Crippen LogP contribution >= 0.6 is 11.8 Å². The third-order valence-electron chi connectivity index (χ3n) is 3.08. The number of fused-ring (bicyclic) bond motifs is 1. The summed E-state index contributed by atoms with van der Waals surface area (Å²) in [6, 6.07) is 5.86. The average molecular weight is 277 g/mol. The molecule has 0 spiro atoms. The molecule has 1 aromatic carbocycles. The molecule has 3 N–H and O–H groups in total. The van der Waals surface area contributed by atoms with Crippen molar-refractivity contribution >= 4 is 22.7 Å². The molecule has 0 aliphatic heterocycles. The van der Waals surface area contributed by atoms with Gasteiger partial charge in [0.15, 0.2) is 0 Å². The first-order chi connectivity index (χ1) is 9.11. The lowest BCUT2D eigenvalue weighted by Gasteiger charge is -2.08. The third-order valence-corrected chi connectivity index (χ3v) is 4.22. The number of nitrogens with one attached hydrogen (secondary N) is 1. The monoisotopic (exact) mass is 277 g/mol. The minimum absolute atomic E-state index is 0.0657. The summed E-state index contributed by atoms with van der Waals surface area (Å²) in [6.45, 7) is 4.05.